The summed E-state index contributed by atoms with van der Waals surface area (Å²) >= 11 is 0. The van der Waals surface area contributed by atoms with Gasteiger partial charge in [0, 0.05) is 5.92 Å². The zero-order chi connectivity index (χ0) is 23.6. The first kappa shape index (κ1) is 21.3. The molecule has 1 saturated carbocycles. The second-order valence-corrected chi connectivity index (χ2v) is 15.5. The van der Waals surface area contributed by atoms with Crippen LogP contribution in [0.3, 0.4) is 0 Å². The van der Waals surface area contributed by atoms with Gasteiger partial charge in [-0.05, 0) is 64.9 Å². The van der Waals surface area contributed by atoms with Crippen molar-refractivity contribution in [3.63, 3.8) is 0 Å². The van der Waals surface area contributed by atoms with E-state index < -0.39 is 8.07 Å². The Bertz CT molecular complexity index is 1300. The fourth-order valence-corrected chi connectivity index (χ4v) is 9.65. The average Bonchev–Trinajstić information content (AvgIpc) is 3.70. The van der Waals surface area contributed by atoms with Crippen LogP contribution in [0.1, 0.15) is 62.1 Å². The van der Waals surface area contributed by atoms with Gasteiger partial charge in [0.15, 0.2) is 0 Å². The molecular formula is C29H33N5Si. The molecule has 5 nitrogen and oxygen atoms in total. The molecule has 178 valence electrons. The summed E-state index contributed by atoms with van der Waals surface area (Å²) in [5.41, 5.74) is 7.58. The van der Waals surface area contributed by atoms with Crippen LogP contribution in [0.4, 0.5) is 0 Å². The molecule has 0 bridgehead atoms. The fraction of sp³-hybridized carbons (Fsp3) is 0.379. The van der Waals surface area contributed by atoms with Crippen LogP contribution < -0.4 is 15.7 Å². The summed E-state index contributed by atoms with van der Waals surface area (Å²) in [5, 5.41) is 6.60. The summed E-state index contributed by atoms with van der Waals surface area (Å²) in [6.07, 6.45) is 11.6. The number of hydrogen-bond donors (Lipinski definition) is 3. The van der Waals surface area contributed by atoms with Crippen LogP contribution in [-0.2, 0) is 0 Å². The Morgan fingerprint density at radius 2 is 1.34 bits per heavy atom. The zero-order valence-electron chi connectivity index (χ0n) is 20.6. The van der Waals surface area contributed by atoms with E-state index in [2.05, 4.69) is 64.8 Å². The molecule has 1 saturated heterocycles. The maximum absolute atomic E-state index is 4.76. The van der Waals surface area contributed by atoms with Gasteiger partial charge in [-0.2, -0.15) is 0 Å². The lowest BCUT2D eigenvalue weighted by Gasteiger charge is -2.20. The van der Waals surface area contributed by atoms with Crippen molar-refractivity contribution in [2.45, 2.75) is 63.6 Å². The normalized spacial score (nSPS) is 20.9. The molecule has 0 radical (unpaired) electrons. The minimum Gasteiger partial charge on any atom is -0.342 e. The van der Waals surface area contributed by atoms with Crippen molar-refractivity contribution in [2.24, 2.45) is 0 Å². The highest BCUT2D eigenvalue weighted by molar-refractivity contribution is 7.03. The van der Waals surface area contributed by atoms with Crippen molar-refractivity contribution in [3.05, 3.63) is 60.4 Å². The maximum atomic E-state index is 4.76. The highest BCUT2D eigenvalue weighted by Gasteiger charge is 2.38. The van der Waals surface area contributed by atoms with Gasteiger partial charge in [0.1, 0.15) is 19.7 Å². The molecule has 3 N–H and O–H groups in total. The second kappa shape index (κ2) is 8.03. The molecule has 2 aromatic carbocycles. The third-order valence-corrected chi connectivity index (χ3v) is 12.1. The van der Waals surface area contributed by atoms with Gasteiger partial charge in [0.25, 0.3) is 0 Å². The van der Waals surface area contributed by atoms with E-state index in [1.807, 2.05) is 12.4 Å². The number of aromatic amines is 2. The first-order valence-electron chi connectivity index (χ1n) is 13.2. The molecular weight excluding hydrogens is 446 g/mol. The highest BCUT2D eigenvalue weighted by atomic mass is 28.3. The van der Waals surface area contributed by atoms with Crippen LogP contribution in [0, 0.1) is 0 Å². The van der Waals surface area contributed by atoms with Crippen molar-refractivity contribution in [1.29, 1.82) is 0 Å². The molecule has 1 atom stereocenters. The van der Waals surface area contributed by atoms with Gasteiger partial charge in [-0.25, -0.2) is 9.97 Å². The van der Waals surface area contributed by atoms with E-state index >= 15 is 0 Å². The summed E-state index contributed by atoms with van der Waals surface area (Å²) in [4.78, 5) is 16.7. The molecule has 2 aromatic heterocycles. The SMILES string of the molecule is C[Si]1(C)c2cc(-c3cnc(C4CCCC4)[nH]3)ccc2-c2ccc(-c3cnc([C@@H]4CCCN4)[nH]3)cc21. The number of fused-ring (bicyclic) bond motifs is 3. The zero-order valence-corrected chi connectivity index (χ0v) is 21.6. The summed E-state index contributed by atoms with van der Waals surface area (Å²) in [6, 6.07) is 14.4. The van der Waals surface area contributed by atoms with E-state index in [9.17, 15) is 0 Å². The lowest BCUT2D eigenvalue weighted by atomic mass is 10.0. The molecule has 0 amide bonds. The molecule has 35 heavy (non-hydrogen) atoms. The summed E-state index contributed by atoms with van der Waals surface area (Å²) in [6.45, 7) is 6.06. The van der Waals surface area contributed by atoms with E-state index in [0.717, 1.165) is 30.2 Å². The molecule has 2 aliphatic heterocycles. The Balaban J connectivity index is 1.22. The summed E-state index contributed by atoms with van der Waals surface area (Å²) in [7, 11) is -1.83. The number of imidazole rings is 2. The molecule has 3 aliphatic rings. The van der Waals surface area contributed by atoms with Crippen molar-refractivity contribution in [2.75, 3.05) is 6.54 Å². The van der Waals surface area contributed by atoms with Crippen molar-refractivity contribution < 1.29 is 0 Å². The number of rotatable bonds is 4. The predicted octanol–water partition coefficient (Wildman–Crippen LogP) is 5.35. The largest absolute Gasteiger partial charge is 0.342 e. The molecule has 0 spiro atoms. The minimum atomic E-state index is -1.83. The number of aromatic nitrogens is 4. The number of nitrogens with zero attached hydrogens (tertiary/aromatic N) is 2. The lowest BCUT2D eigenvalue weighted by Crippen LogP contribution is -2.49. The molecule has 0 unspecified atom stereocenters. The minimum absolute atomic E-state index is 0.364. The quantitative estimate of drug-likeness (QED) is 0.346. The van der Waals surface area contributed by atoms with Gasteiger partial charge in [-0.1, -0.05) is 62.3 Å². The first-order valence-corrected chi connectivity index (χ1v) is 16.2. The molecule has 4 aromatic rings. The Labute approximate surface area is 207 Å². The van der Waals surface area contributed by atoms with Crippen LogP contribution in [0.25, 0.3) is 33.6 Å². The van der Waals surface area contributed by atoms with Gasteiger partial charge in [-0.15, -0.1) is 0 Å². The Morgan fingerprint density at radius 1 is 0.743 bits per heavy atom. The molecule has 6 heteroatoms. The van der Waals surface area contributed by atoms with Crippen LogP contribution in [0.2, 0.25) is 13.1 Å². The van der Waals surface area contributed by atoms with E-state index in [4.69, 9.17) is 9.97 Å². The van der Waals surface area contributed by atoms with E-state index in [1.54, 1.807) is 0 Å². The summed E-state index contributed by atoms with van der Waals surface area (Å²) in [5.74, 6) is 2.85. The molecule has 1 aliphatic carbocycles. The van der Waals surface area contributed by atoms with E-state index in [-0.39, 0.29) is 0 Å². The lowest BCUT2D eigenvalue weighted by molar-refractivity contribution is 0.613. The Hall–Kier alpha value is -2.96. The number of hydrogen-bond acceptors (Lipinski definition) is 3. The Morgan fingerprint density at radius 3 is 1.94 bits per heavy atom. The Kier molecular flexibility index (Phi) is 4.90. The second-order valence-electron chi connectivity index (χ2n) is 11.1. The van der Waals surface area contributed by atoms with Crippen LogP contribution >= 0.6 is 0 Å². The predicted molar refractivity (Wildman–Crippen MR) is 145 cm³/mol. The van der Waals surface area contributed by atoms with Gasteiger partial charge >= 0.3 is 0 Å². The van der Waals surface area contributed by atoms with Gasteiger partial charge in [0.2, 0.25) is 0 Å². The van der Waals surface area contributed by atoms with Gasteiger partial charge in [0.05, 0.1) is 29.8 Å². The maximum Gasteiger partial charge on any atom is 0.123 e. The van der Waals surface area contributed by atoms with Crippen molar-refractivity contribution >= 4 is 18.4 Å². The smallest absolute Gasteiger partial charge is 0.123 e. The van der Waals surface area contributed by atoms with Crippen LogP contribution in [-0.4, -0.2) is 34.6 Å². The third kappa shape index (κ3) is 3.45. The number of H-pyrrole nitrogens is 2. The molecule has 2 fully saturated rings. The standard InChI is InChI=1S/C29H33N5Si/c1-35(2)26-14-19(24-16-31-28(33-24)18-6-3-4-7-18)9-11-21(26)22-12-10-20(15-27(22)35)25-17-32-29(34-25)23-8-5-13-30-23/h9-12,14-18,23,30H,3-8,13H2,1-2H3,(H,31,33)(H,32,34)/t23-/m0/s1. The molecule has 7 rings (SSSR count). The first-order chi connectivity index (χ1) is 17.1. The van der Waals surface area contributed by atoms with Crippen LogP contribution in [0.15, 0.2) is 48.8 Å². The third-order valence-electron chi connectivity index (χ3n) is 8.62. The molecule has 4 heterocycles. The van der Waals surface area contributed by atoms with Gasteiger partial charge < -0.3 is 15.3 Å². The van der Waals surface area contributed by atoms with E-state index in [0.29, 0.717) is 12.0 Å². The van der Waals surface area contributed by atoms with Gasteiger partial charge in [-0.3, -0.25) is 0 Å². The fourth-order valence-electron chi connectivity index (χ4n) is 6.54. The highest BCUT2D eigenvalue weighted by Crippen LogP contribution is 2.35. The monoisotopic (exact) mass is 479 g/mol. The van der Waals surface area contributed by atoms with Crippen LogP contribution in [0.5, 0.6) is 0 Å². The number of nitrogens with one attached hydrogen (secondary N) is 3. The van der Waals surface area contributed by atoms with Crippen molar-refractivity contribution in [3.8, 4) is 33.6 Å². The van der Waals surface area contributed by atoms with E-state index in [1.165, 1.54) is 70.6 Å². The topological polar surface area (TPSA) is 69.4 Å². The average molecular weight is 480 g/mol. The number of benzene rings is 2. The summed E-state index contributed by atoms with van der Waals surface area (Å²) < 4.78 is 0. The van der Waals surface area contributed by atoms with Crippen molar-refractivity contribution in [1.82, 2.24) is 25.3 Å².